The van der Waals surface area contributed by atoms with Gasteiger partial charge in [-0.3, -0.25) is 0 Å². The zero-order valence-corrected chi connectivity index (χ0v) is 11.6. The first-order valence-corrected chi connectivity index (χ1v) is 6.07. The number of nitrogens with zero attached hydrogens (tertiary/aromatic N) is 3. The summed E-state index contributed by atoms with van der Waals surface area (Å²) in [5.41, 5.74) is 5.31. The van der Waals surface area contributed by atoms with E-state index in [0.29, 0.717) is 11.7 Å². The Morgan fingerprint density at radius 2 is 1.90 bits per heavy atom. The predicted molar refractivity (Wildman–Crippen MR) is 77.4 cm³/mol. The molecule has 2 aromatic rings. The third-order valence-electron chi connectivity index (χ3n) is 2.56. The molecule has 104 valence electrons. The van der Waals surface area contributed by atoms with Crippen molar-refractivity contribution in [3.05, 3.63) is 41.2 Å². The van der Waals surface area contributed by atoms with Crippen LogP contribution in [0.15, 0.2) is 29.4 Å². The number of rotatable bonds is 4. The van der Waals surface area contributed by atoms with Crippen molar-refractivity contribution in [3.8, 4) is 11.5 Å². The van der Waals surface area contributed by atoms with Crippen LogP contribution in [0.2, 0.25) is 0 Å². The van der Waals surface area contributed by atoms with E-state index in [2.05, 4.69) is 20.5 Å². The molecule has 0 fully saturated rings. The largest absolute Gasteiger partial charge is 0.504 e. The van der Waals surface area contributed by atoms with Crippen molar-refractivity contribution in [1.82, 2.24) is 9.97 Å². The van der Waals surface area contributed by atoms with Crippen molar-refractivity contribution >= 4 is 12.2 Å². The molecule has 1 aromatic carbocycles. The number of methoxy groups -OCH3 is 1. The molecular formula is C14H16N4O2. The topological polar surface area (TPSA) is 79.6 Å². The Labute approximate surface area is 117 Å². The lowest BCUT2D eigenvalue weighted by Crippen LogP contribution is -1.99. The van der Waals surface area contributed by atoms with Crippen LogP contribution in [0.1, 0.15) is 17.0 Å². The molecule has 0 radical (unpaired) electrons. The zero-order chi connectivity index (χ0) is 14.5. The highest BCUT2D eigenvalue weighted by atomic mass is 16.5. The number of ether oxygens (including phenoxy) is 1. The summed E-state index contributed by atoms with van der Waals surface area (Å²) in [7, 11) is 1.50. The summed E-state index contributed by atoms with van der Waals surface area (Å²) in [6, 6.07) is 6.85. The second kappa shape index (κ2) is 6.01. The summed E-state index contributed by atoms with van der Waals surface area (Å²) >= 11 is 0. The van der Waals surface area contributed by atoms with Gasteiger partial charge in [0, 0.05) is 11.4 Å². The van der Waals surface area contributed by atoms with Crippen molar-refractivity contribution in [2.24, 2.45) is 5.10 Å². The van der Waals surface area contributed by atoms with E-state index < -0.39 is 0 Å². The molecule has 6 nitrogen and oxygen atoms in total. The van der Waals surface area contributed by atoms with Gasteiger partial charge < -0.3 is 9.84 Å². The molecule has 0 saturated carbocycles. The number of hydrogen-bond donors (Lipinski definition) is 2. The lowest BCUT2D eigenvalue weighted by atomic mass is 10.2. The van der Waals surface area contributed by atoms with Gasteiger partial charge in [0.15, 0.2) is 11.5 Å². The van der Waals surface area contributed by atoms with Crippen LogP contribution in [0.3, 0.4) is 0 Å². The lowest BCUT2D eigenvalue weighted by Gasteiger charge is -2.04. The number of phenolic OH excluding ortho intramolecular Hbond substituents is 1. The van der Waals surface area contributed by atoms with Crippen molar-refractivity contribution < 1.29 is 9.84 Å². The molecule has 0 aliphatic heterocycles. The van der Waals surface area contributed by atoms with Gasteiger partial charge in [-0.25, -0.2) is 15.4 Å². The van der Waals surface area contributed by atoms with Gasteiger partial charge >= 0.3 is 0 Å². The molecule has 0 unspecified atom stereocenters. The predicted octanol–water partition coefficient (Wildman–Crippen LogP) is 2.25. The summed E-state index contributed by atoms with van der Waals surface area (Å²) in [6.45, 7) is 3.79. The number of nitrogens with one attached hydrogen (secondary N) is 1. The van der Waals surface area contributed by atoms with Gasteiger partial charge in [0.2, 0.25) is 5.95 Å². The highest BCUT2D eigenvalue weighted by molar-refractivity contribution is 5.81. The van der Waals surface area contributed by atoms with Crippen LogP contribution in [-0.4, -0.2) is 28.4 Å². The van der Waals surface area contributed by atoms with Crippen LogP contribution in [0.4, 0.5) is 5.95 Å². The molecule has 0 amide bonds. The van der Waals surface area contributed by atoms with Crippen molar-refractivity contribution in [1.29, 1.82) is 0 Å². The molecule has 20 heavy (non-hydrogen) atoms. The molecule has 6 heteroatoms. The van der Waals surface area contributed by atoms with Gasteiger partial charge in [-0.1, -0.05) is 0 Å². The molecule has 2 N–H and O–H groups in total. The van der Waals surface area contributed by atoms with E-state index in [4.69, 9.17) is 4.74 Å². The molecule has 0 bridgehead atoms. The summed E-state index contributed by atoms with van der Waals surface area (Å²) in [6.07, 6.45) is 1.60. The first-order chi connectivity index (χ1) is 9.58. The minimum absolute atomic E-state index is 0.0928. The quantitative estimate of drug-likeness (QED) is 0.659. The Morgan fingerprint density at radius 1 is 1.20 bits per heavy atom. The fraction of sp³-hybridized carbons (Fsp3) is 0.214. The SMILES string of the molecule is COc1cc(C=NNc2nc(C)cc(C)n2)ccc1O. The number of hydrogen-bond acceptors (Lipinski definition) is 6. The second-order valence-corrected chi connectivity index (χ2v) is 4.28. The Bertz CT molecular complexity index is 621. The van der Waals surface area contributed by atoms with Gasteiger partial charge in [0.05, 0.1) is 13.3 Å². The molecule has 0 aliphatic carbocycles. The molecule has 2 rings (SSSR count). The number of aromatic nitrogens is 2. The van der Waals surface area contributed by atoms with E-state index >= 15 is 0 Å². The normalized spacial score (nSPS) is 10.8. The van der Waals surface area contributed by atoms with Crippen molar-refractivity contribution in [2.75, 3.05) is 12.5 Å². The number of aromatic hydroxyl groups is 1. The fourth-order valence-corrected chi connectivity index (χ4v) is 1.72. The third kappa shape index (κ3) is 3.44. The Balaban J connectivity index is 2.10. The monoisotopic (exact) mass is 272 g/mol. The summed E-state index contributed by atoms with van der Waals surface area (Å²) in [4.78, 5) is 8.42. The Kier molecular flexibility index (Phi) is 4.14. The smallest absolute Gasteiger partial charge is 0.243 e. The van der Waals surface area contributed by atoms with Crippen LogP contribution in [-0.2, 0) is 0 Å². The van der Waals surface area contributed by atoms with Crippen LogP contribution in [0.25, 0.3) is 0 Å². The molecule has 0 saturated heterocycles. The van der Waals surface area contributed by atoms with Gasteiger partial charge in [-0.2, -0.15) is 5.10 Å². The zero-order valence-electron chi connectivity index (χ0n) is 11.6. The summed E-state index contributed by atoms with van der Waals surface area (Å²) in [5, 5.41) is 13.6. The van der Waals surface area contributed by atoms with Crippen molar-refractivity contribution in [3.63, 3.8) is 0 Å². The molecular weight excluding hydrogens is 256 g/mol. The average Bonchev–Trinajstić information content (AvgIpc) is 2.39. The maximum atomic E-state index is 9.49. The Morgan fingerprint density at radius 3 is 2.55 bits per heavy atom. The van der Waals surface area contributed by atoms with Gasteiger partial charge in [0.25, 0.3) is 0 Å². The maximum absolute atomic E-state index is 9.49. The van der Waals surface area contributed by atoms with E-state index in [1.165, 1.54) is 7.11 Å². The number of anilines is 1. The number of aryl methyl sites for hydroxylation is 2. The Hall–Kier alpha value is -2.63. The number of hydrazone groups is 1. The van der Waals surface area contributed by atoms with Crippen LogP contribution in [0, 0.1) is 13.8 Å². The molecule has 1 aromatic heterocycles. The number of phenols is 1. The summed E-state index contributed by atoms with van der Waals surface area (Å²) in [5.74, 6) is 0.941. The minimum atomic E-state index is 0.0928. The van der Waals surface area contributed by atoms with Gasteiger partial charge in [0.1, 0.15) is 0 Å². The third-order valence-corrected chi connectivity index (χ3v) is 2.56. The first-order valence-electron chi connectivity index (χ1n) is 6.07. The lowest BCUT2D eigenvalue weighted by molar-refractivity contribution is 0.373. The van der Waals surface area contributed by atoms with E-state index in [0.717, 1.165) is 17.0 Å². The minimum Gasteiger partial charge on any atom is -0.504 e. The summed E-state index contributed by atoms with van der Waals surface area (Å²) < 4.78 is 5.02. The van der Waals surface area contributed by atoms with E-state index in [9.17, 15) is 5.11 Å². The van der Waals surface area contributed by atoms with E-state index in [1.54, 1.807) is 24.4 Å². The van der Waals surface area contributed by atoms with Gasteiger partial charge in [-0.15, -0.1) is 0 Å². The standard InChI is InChI=1S/C14H16N4O2/c1-9-6-10(2)17-14(16-9)18-15-8-11-4-5-12(19)13(7-11)20-3/h4-8,19H,1-3H3,(H,16,17,18). The first kappa shape index (κ1) is 13.8. The van der Waals surface area contributed by atoms with Crippen molar-refractivity contribution in [2.45, 2.75) is 13.8 Å². The highest BCUT2D eigenvalue weighted by Crippen LogP contribution is 2.25. The highest BCUT2D eigenvalue weighted by Gasteiger charge is 2.01. The maximum Gasteiger partial charge on any atom is 0.243 e. The van der Waals surface area contributed by atoms with Crippen LogP contribution in [0.5, 0.6) is 11.5 Å². The second-order valence-electron chi connectivity index (χ2n) is 4.28. The van der Waals surface area contributed by atoms with E-state index in [-0.39, 0.29) is 5.75 Å². The molecule has 0 aliphatic rings. The molecule has 1 heterocycles. The average molecular weight is 272 g/mol. The van der Waals surface area contributed by atoms with Gasteiger partial charge in [-0.05, 0) is 43.7 Å². The van der Waals surface area contributed by atoms with Crippen LogP contribution >= 0.6 is 0 Å². The number of benzene rings is 1. The molecule has 0 atom stereocenters. The van der Waals surface area contributed by atoms with E-state index in [1.807, 2.05) is 19.9 Å². The van der Waals surface area contributed by atoms with Crippen LogP contribution < -0.4 is 10.2 Å². The molecule has 0 spiro atoms. The fourth-order valence-electron chi connectivity index (χ4n) is 1.72.